The van der Waals surface area contributed by atoms with Gasteiger partial charge in [0.15, 0.2) is 5.13 Å². The largest absolute Gasteiger partial charge is 0.477 e. The standard InChI is InChI=1S/C17H19N5O6S2.H2O/c1-2-3-8(9-6-30-16(18)20-9)12(23)21-10-13(24)22-11(15(25)26)7(4-28-17(19)27)5-29-14(10)22;/h3,6,10,14H,2,4-5H2,1H3,(H2,18,20)(H2,19,27)(H,21,23)(H,25,26);1H2/b8-3-;/t10-,14-;/m1./s1. The number of rotatable bonds is 7. The number of nitrogen functional groups attached to an aromatic ring is 1. The second-order valence-electron chi connectivity index (χ2n) is 6.32. The molecule has 2 atom stereocenters. The van der Waals surface area contributed by atoms with Crippen molar-refractivity contribution in [2.75, 3.05) is 18.1 Å². The van der Waals surface area contributed by atoms with Crippen molar-refractivity contribution in [3.8, 4) is 0 Å². The molecule has 2 aliphatic heterocycles. The van der Waals surface area contributed by atoms with Crippen molar-refractivity contribution < 1.29 is 34.5 Å². The Labute approximate surface area is 184 Å². The van der Waals surface area contributed by atoms with E-state index in [9.17, 15) is 24.3 Å². The number of aromatic nitrogens is 1. The number of nitrogens with zero attached hydrogens (tertiary/aromatic N) is 2. The zero-order valence-electron chi connectivity index (χ0n) is 16.3. The maximum Gasteiger partial charge on any atom is 0.404 e. The first-order valence-electron chi connectivity index (χ1n) is 8.79. The number of nitrogens with two attached hydrogens (primary N) is 2. The van der Waals surface area contributed by atoms with Crippen LogP contribution >= 0.6 is 23.1 Å². The molecule has 14 heteroatoms. The molecule has 1 aromatic heterocycles. The number of hydrogen-bond acceptors (Lipinski definition) is 9. The van der Waals surface area contributed by atoms with Crippen LogP contribution in [-0.4, -0.2) is 68.1 Å². The third-order valence-electron chi connectivity index (χ3n) is 4.38. The van der Waals surface area contributed by atoms with Gasteiger partial charge in [0.05, 0.1) is 11.3 Å². The summed E-state index contributed by atoms with van der Waals surface area (Å²) in [4.78, 5) is 53.2. The molecule has 2 aliphatic rings. The number of carboxylic acid groups (broad SMARTS) is 1. The van der Waals surface area contributed by atoms with E-state index in [2.05, 4.69) is 15.0 Å². The Morgan fingerprint density at radius 3 is 2.71 bits per heavy atom. The van der Waals surface area contributed by atoms with E-state index in [1.165, 1.54) is 23.1 Å². The summed E-state index contributed by atoms with van der Waals surface area (Å²) in [5.41, 5.74) is 11.3. The third-order valence-corrected chi connectivity index (χ3v) is 6.39. The molecule has 0 bridgehead atoms. The van der Waals surface area contributed by atoms with Gasteiger partial charge in [-0.25, -0.2) is 14.6 Å². The summed E-state index contributed by atoms with van der Waals surface area (Å²) in [5, 5.41) is 13.6. The van der Waals surface area contributed by atoms with E-state index >= 15 is 0 Å². The van der Waals surface area contributed by atoms with Crippen molar-refractivity contribution in [2.45, 2.75) is 24.8 Å². The van der Waals surface area contributed by atoms with Crippen molar-refractivity contribution in [1.82, 2.24) is 15.2 Å². The number of carbonyl (C=O) groups is 4. The Morgan fingerprint density at radius 2 is 2.16 bits per heavy atom. The van der Waals surface area contributed by atoms with E-state index in [1.54, 1.807) is 11.5 Å². The van der Waals surface area contributed by atoms with Crippen LogP contribution in [-0.2, 0) is 19.1 Å². The lowest BCUT2D eigenvalue weighted by molar-refractivity contribution is -0.150. The van der Waals surface area contributed by atoms with Crippen LogP contribution in [0.5, 0.6) is 0 Å². The quantitative estimate of drug-likeness (QED) is 0.298. The molecule has 3 heterocycles. The molecular weight excluding hydrogens is 450 g/mol. The highest BCUT2D eigenvalue weighted by molar-refractivity contribution is 8.00. The molecule has 3 amide bonds. The first-order valence-corrected chi connectivity index (χ1v) is 10.7. The SMILES string of the molecule is CC/C=C(\C(=O)N[C@@H]1C(=O)N2C(C(=O)O)=C(COC(N)=O)CS[C@H]12)c1csc(N)n1.O. The van der Waals surface area contributed by atoms with Crippen molar-refractivity contribution >= 4 is 57.7 Å². The van der Waals surface area contributed by atoms with Gasteiger partial charge in [-0.15, -0.1) is 23.1 Å². The van der Waals surface area contributed by atoms with Crippen molar-refractivity contribution in [3.05, 3.63) is 28.4 Å². The van der Waals surface area contributed by atoms with Crippen LogP contribution < -0.4 is 16.8 Å². The summed E-state index contributed by atoms with van der Waals surface area (Å²) in [6.45, 7) is 1.53. The van der Waals surface area contributed by atoms with Gasteiger partial charge in [-0.2, -0.15) is 0 Å². The number of aliphatic carboxylic acids is 1. The van der Waals surface area contributed by atoms with Gasteiger partial charge in [-0.1, -0.05) is 13.0 Å². The average molecular weight is 472 g/mol. The van der Waals surface area contributed by atoms with Crippen molar-refractivity contribution in [1.29, 1.82) is 0 Å². The van der Waals surface area contributed by atoms with E-state index in [0.717, 1.165) is 4.90 Å². The van der Waals surface area contributed by atoms with Gasteiger partial charge in [-0.05, 0) is 6.42 Å². The van der Waals surface area contributed by atoms with Gasteiger partial charge >= 0.3 is 12.1 Å². The van der Waals surface area contributed by atoms with Crippen LogP contribution in [0.15, 0.2) is 22.7 Å². The Hall–Kier alpha value is -3.10. The van der Waals surface area contributed by atoms with E-state index in [4.69, 9.17) is 11.5 Å². The minimum atomic E-state index is -1.33. The van der Waals surface area contributed by atoms with E-state index in [1.807, 2.05) is 6.92 Å². The molecule has 1 aromatic rings. The summed E-state index contributed by atoms with van der Waals surface area (Å²) in [7, 11) is 0. The number of fused-ring (bicyclic) bond motifs is 1. The molecule has 0 saturated carbocycles. The Balaban J connectivity index is 0.00000341. The lowest BCUT2D eigenvalue weighted by Gasteiger charge is -2.49. The number of anilines is 1. The minimum absolute atomic E-state index is 0. The summed E-state index contributed by atoms with van der Waals surface area (Å²) >= 11 is 2.45. The minimum Gasteiger partial charge on any atom is -0.477 e. The predicted octanol–water partition coefficient (Wildman–Crippen LogP) is -0.472. The van der Waals surface area contributed by atoms with Crippen LogP contribution in [0.4, 0.5) is 9.93 Å². The average Bonchev–Trinajstić information content (AvgIpc) is 3.13. The van der Waals surface area contributed by atoms with Gasteiger partial charge < -0.3 is 32.1 Å². The highest BCUT2D eigenvalue weighted by atomic mass is 32.2. The number of β-lactam (4-membered cyclic amide) rings is 1. The van der Waals surface area contributed by atoms with Gasteiger partial charge in [0.2, 0.25) is 0 Å². The number of carbonyl (C=O) groups excluding carboxylic acids is 3. The van der Waals surface area contributed by atoms with Crippen LogP contribution in [0, 0.1) is 0 Å². The first kappa shape index (κ1) is 24.2. The fraction of sp³-hybridized carbons (Fsp3) is 0.353. The van der Waals surface area contributed by atoms with Crippen LogP contribution in [0.1, 0.15) is 19.0 Å². The second kappa shape index (κ2) is 9.80. The zero-order chi connectivity index (χ0) is 22.0. The van der Waals surface area contributed by atoms with Gasteiger partial charge in [-0.3, -0.25) is 14.5 Å². The second-order valence-corrected chi connectivity index (χ2v) is 8.32. The molecule has 0 unspecified atom stereocenters. The molecule has 31 heavy (non-hydrogen) atoms. The van der Waals surface area contributed by atoms with Gasteiger partial charge in [0.1, 0.15) is 23.7 Å². The molecule has 3 rings (SSSR count). The normalized spacial score (nSPS) is 20.4. The summed E-state index contributed by atoms with van der Waals surface area (Å²) in [6, 6.07) is -0.897. The van der Waals surface area contributed by atoms with E-state index < -0.39 is 35.3 Å². The number of thioether (sulfide) groups is 1. The fourth-order valence-corrected chi connectivity index (χ4v) is 4.99. The summed E-state index contributed by atoms with van der Waals surface area (Å²) in [5.74, 6) is -2.19. The number of hydrogen-bond donors (Lipinski definition) is 4. The number of amides is 3. The summed E-state index contributed by atoms with van der Waals surface area (Å²) < 4.78 is 4.68. The molecule has 12 nitrogen and oxygen atoms in total. The highest BCUT2D eigenvalue weighted by Crippen LogP contribution is 2.40. The number of allylic oxidation sites excluding steroid dienone is 1. The van der Waals surface area contributed by atoms with E-state index in [-0.39, 0.29) is 29.1 Å². The summed E-state index contributed by atoms with van der Waals surface area (Å²) in [6.07, 6.45) is 1.20. The highest BCUT2D eigenvalue weighted by Gasteiger charge is 2.54. The lowest BCUT2D eigenvalue weighted by Crippen LogP contribution is -2.70. The third kappa shape index (κ3) is 4.81. The molecule has 0 radical (unpaired) electrons. The first-order chi connectivity index (χ1) is 14.2. The maximum atomic E-state index is 12.8. The monoisotopic (exact) mass is 471 g/mol. The zero-order valence-corrected chi connectivity index (χ0v) is 17.9. The van der Waals surface area contributed by atoms with E-state index in [0.29, 0.717) is 22.8 Å². The Bertz CT molecular complexity index is 974. The number of primary amides is 1. The molecule has 0 aromatic carbocycles. The predicted molar refractivity (Wildman–Crippen MR) is 114 cm³/mol. The van der Waals surface area contributed by atoms with Crippen LogP contribution in [0.25, 0.3) is 5.57 Å². The number of thiazole rings is 1. The van der Waals surface area contributed by atoms with Crippen molar-refractivity contribution in [2.24, 2.45) is 5.73 Å². The maximum absolute atomic E-state index is 12.8. The number of ether oxygens (including phenoxy) is 1. The van der Waals surface area contributed by atoms with Crippen molar-refractivity contribution in [3.63, 3.8) is 0 Å². The van der Waals surface area contributed by atoms with Gasteiger partial charge in [0, 0.05) is 16.7 Å². The molecule has 8 N–H and O–H groups in total. The lowest BCUT2D eigenvalue weighted by atomic mass is 10.0. The smallest absolute Gasteiger partial charge is 0.404 e. The molecule has 1 fully saturated rings. The number of carboxylic acids is 1. The number of nitrogens with one attached hydrogen (secondary N) is 1. The van der Waals surface area contributed by atoms with Gasteiger partial charge in [0.25, 0.3) is 11.8 Å². The Morgan fingerprint density at radius 1 is 1.45 bits per heavy atom. The molecule has 1 saturated heterocycles. The van der Waals surface area contributed by atoms with Crippen LogP contribution in [0.2, 0.25) is 0 Å². The molecule has 0 spiro atoms. The Kier molecular flexibility index (Phi) is 7.65. The fourth-order valence-electron chi connectivity index (χ4n) is 3.10. The molecule has 0 aliphatic carbocycles. The topological polar surface area (TPSA) is 209 Å². The molecule has 168 valence electrons. The van der Waals surface area contributed by atoms with Crippen LogP contribution in [0.3, 0.4) is 0 Å². The molecular formula is C17H21N5O7S2.